The third-order valence-electron chi connectivity index (χ3n) is 6.17. The van der Waals surface area contributed by atoms with Gasteiger partial charge in [-0.1, -0.05) is 30.3 Å². The first-order valence-electron chi connectivity index (χ1n) is 10.6. The maximum atomic E-state index is 6.32. The van der Waals surface area contributed by atoms with Gasteiger partial charge in [-0.25, -0.2) is 0 Å². The van der Waals surface area contributed by atoms with Gasteiger partial charge in [0.15, 0.2) is 0 Å². The lowest BCUT2D eigenvalue weighted by molar-refractivity contribution is 0.138. The van der Waals surface area contributed by atoms with Crippen LogP contribution in [0.25, 0.3) is 0 Å². The third kappa shape index (κ3) is 4.14. The topological polar surface area (TPSA) is 30.5 Å². The van der Waals surface area contributed by atoms with Crippen molar-refractivity contribution in [2.75, 3.05) is 0 Å². The second-order valence-corrected chi connectivity index (χ2v) is 8.36. The van der Waals surface area contributed by atoms with Crippen molar-refractivity contribution in [2.45, 2.75) is 75.7 Å². The fourth-order valence-corrected chi connectivity index (χ4v) is 4.46. The molecule has 142 valence electrons. The van der Waals surface area contributed by atoms with Gasteiger partial charge in [-0.3, -0.25) is 0 Å². The largest absolute Gasteiger partial charge is 0.490 e. The van der Waals surface area contributed by atoms with Gasteiger partial charge in [-0.15, -0.1) is 0 Å². The third-order valence-corrected chi connectivity index (χ3v) is 6.17. The van der Waals surface area contributed by atoms with Gasteiger partial charge in [0.2, 0.25) is 0 Å². The van der Waals surface area contributed by atoms with Crippen molar-refractivity contribution < 1.29 is 9.47 Å². The minimum absolute atomic E-state index is 0.166. The molecule has 1 atom stereocenters. The predicted molar refractivity (Wildman–Crippen MR) is 107 cm³/mol. The molecular formula is C24H29NO2. The summed E-state index contributed by atoms with van der Waals surface area (Å²) in [5.74, 6) is 2.02. The maximum absolute atomic E-state index is 6.32. The molecule has 5 rings (SSSR count). The van der Waals surface area contributed by atoms with Crippen molar-refractivity contribution in [1.82, 2.24) is 5.32 Å². The molecule has 0 amide bonds. The van der Waals surface area contributed by atoms with Crippen molar-refractivity contribution in [2.24, 2.45) is 0 Å². The molecule has 2 fully saturated rings. The summed E-state index contributed by atoms with van der Waals surface area (Å²) in [7, 11) is 0. The van der Waals surface area contributed by atoms with E-state index in [1.165, 1.54) is 36.8 Å². The highest BCUT2D eigenvalue weighted by Gasteiger charge is 2.28. The highest BCUT2D eigenvalue weighted by atomic mass is 16.5. The Morgan fingerprint density at radius 1 is 0.815 bits per heavy atom. The summed E-state index contributed by atoms with van der Waals surface area (Å²) in [6.07, 6.45) is 10.2. The molecule has 2 aromatic rings. The predicted octanol–water partition coefficient (Wildman–Crippen LogP) is 5.19. The fraction of sp³-hybridized carbons (Fsp3) is 0.500. The summed E-state index contributed by atoms with van der Waals surface area (Å²) >= 11 is 0. The molecule has 0 aromatic heterocycles. The number of fused-ring (bicyclic) bond motifs is 1. The van der Waals surface area contributed by atoms with Crippen LogP contribution in [-0.2, 0) is 6.42 Å². The molecule has 2 aliphatic carbocycles. The lowest BCUT2D eigenvalue weighted by Gasteiger charge is -2.30. The molecule has 0 spiro atoms. The van der Waals surface area contributed by atoms with E-state index in [4.69, 9.17) is 9.47 Å². The van der Waals surface area contributed by atoms with E-state index in [0.29, 0.717) is 12.1 Å². The van der Waals surface area contributed by atoms with E-state index in [1.54, 1.807) is 0 Å². The van der Waals surface area contributed by atoms with Gasteiger partial charge in [0.25, 0.3) is 0 Å². The monoisotopic (exact) mass is 363 g/mol. The molecule has 1 unspecified atom stereocenters. The molecule has 1 heterocycles. The van der Waals surface area contributed by atoms with Crippen LogP contribution < -0.4 is 14.8 Å². The quantitative estimate of drug-likeness (QED) is 0.792. The highest BCUT2D eigenvalue weighted by molar-refractivity contribution is 5.42. The first-order chi connectivity index (χ1) is 13.3. The Bertz CT molecular complexity index is 763. The van der Waals surface area contributed by atoms with Crippen LogP contribution in [0.15, 0.2) is 48.5 Å². The number of hydrogen-bond acceptors (Lipinski definition) is 3. The standard InChI is InChI=1S/C24H29NO2/c1-2-4-17(5-3-1)23-14-6-18-16-22(13-15-24(18)27-23)26-21-11-9-20(10-12-21)25-19-7-8-19/h1-5,13,15-16,19-21,23,25H,6-12,14H2. The molecule has 2 saturated carbocycles. The van der Waals surface area contributed by atoms with E-state index in [2.05, 4.69) is 53.8 Å². The van der Waals surface area contributed by atoms with E-state index in [-0.39, 0.29) is 6.10 Å². The Hall–Kier alpha value is -2.00. The first kappa shape index (κ1) is 17.1. The average Bonchev–Trinajstić information content (AvgIpc) is 3.54. The van der Waals surface area contributed by atoms with Gasteiger partial charge < -0.3 is 14.8 Å². The molecule has 3 nitrogen and oxygen atoms in total. The molecule has 1 N–H and O–H groups in total. The van der Waals surface area contributed by atoms with Crippen LogP contribution in [-0.4, -0.2) is 18.2 Å². The van der Waals surface area contributed by atoms with Gasteiger partial charge in [0, 0.05) is 12.1 Å². The van der Waals surface area contributed by atoms with E-state index in [1.807, 2.05) is 0 Å². The van der Waals surface area contributed by atoms with Gasteiger partial charge in [0.1, 0.15) is 17.6 Å². The summed E-state index contributed by atoms with van der Waals surface area (Å²) in [5, 5.41) is 3.76. The molecule has 3 aliphatic rings. The van der Waals surface area contributed by atoms with Crippen molar-refractivity contribution in [3.8, 4) is 11.5 Å². The fourth-order valence-electron chi connectivity index (χ4n) is 4.46. The van der Waals surface area contributed by atoms with Crippen LogP contribution in [0.2, 0.25) is 0 Å². The second-order valence-electron chi connectivity index (χ2n) is 8.36. The smallest absolute Gasteiger partial charge is 0.124 e. The lowest BCUT2D eigenvalue weighted by atomic mass is 9.92. The summed E-state index contributed by atoms with van der Waals surface area (Å²) < 4.78 is 12.6. The van der Waals surface area contributed by atoms with Crippen LogP contribution in [0.3, 0.4) is 0 Å². The SMILES string of the molecule is c1ccc(C2CCc3cc(OC4CCC(NC5CC5)CC4)ccc3O2)cc1. The number of benzene rings is 2. The van der Waals surface area contributed by atoms with Crippen LogP contribution in [0, 0.1) is 0 Å². The van der Waals surface area contributed by atoms with E-state index >= 15 is 0 Å². The zero-order valence-electron chi connectivity index (χ0n) is 15.9. The number of aryl methyl sites for hydroxylation is 1. The summed E-state index contributed by atoms with van der Waals surface area (Å²) in [5.41, 5.74) is 2.55. The molecule has 1 aliphatic heterocycles. The molecule has 0 saturated heterocycles. The minimum Gasteiger partial charge on any atom is -0.490 e. The van der Waals surface area contributed by atoms with Gasteiger partial charge in [0.05, 0.1) is 6.10 Å². The minimum atomic E-state index is 0.166. The normalized spacial score (nSPS) is 27.5. The number of nitrogens with one attached hydrogen (secondary N) is 1. The van der Waals surface area contributed by atoms with Gasteiger partial charge in [-0.05, 0) is 80.7 Å². The Kier molecular flexibility index (Phi) is 4.79. The Labute approximate surface area is 162 Å². The Balaban J connectivity index is 1.18. The van der Waals surface area contributed by atoms with E-state index in [9.17, 15) is 0 Å². The van der Waals surface area contributed by atoms with Gasteiger partial charge >= 0.3 is 0 Å². The molecule has 2 aromatic carbocycles. The molecule has 0 bridgehead atoms. The Morgan fingerprint density at radius 2 is 1.56 bits per heavy atom. The van der Waals surface area contributed by atoms with Crippen LogP contribution >= 0.6 is 0 Å². The molecule has 0 radical (unpaired) electrons. The number of rotatable bonds is 5. The van der Waals surface area contributed by atoms with Crippen LogP contribution in [0.4, 0.5) is 0 Å². The lowest BCUT2D eigenvalue weighted by Crippen LogP contribution is -2.37. The molecule has 3 heteroatoms. The number of hydrogen-bond donors (Lipinski definition) is 1. The maximum Gasteiger partial charge on any atom is 0.124 e. The highest BCUT2D eigenvalue weighted by Crippen LogP contribution is 2.37. The van der Waals surface area contributed by atoms with Gasteiger partial charge in [-0.2, -0.15) is 0 Å². The molecule has 27 heavy (non-hydrogen) atoms. The van der Waals surface area contributed by atoms with Crippen molar-refractivity contribution in [1.29, 1.82) is 0 Å². The van der Waals surface area contributed by atoms with Crippen molar-refractivity contribution >= 4 is 0 Å². The van der Waals surface area contributed by atoms with Crippen molar-refractivity contribution in [3.05, 3.63) is 59.7 Å². The number of ether oxygens (including phenoxy) is 2. The second kappa shape index (κ2) is 7.55. The average molecular weight is 364 g/mol. The first-order valence-corrected chi connectivity index (χ1v) is 10.6. The van der Waals surface area contributed by atoms with E-state index in [0.717, 1.165) is 43.2 Å². The van der Waals surface area contributed by atoms with Crippen molar-refractivity contribution in [3.63, 3.8) is 0 Å². The zero-order chi connectivity index (χ0) is 18.1. The zero-order valence-corrected chi connectivity index (χ0v) is 15.9. The van der Waals surface area contributed by atoms with Crippen LogP contribution in [0.1, 0.15) is 62.2 Å². The molecular weight excluding hydrogens is 334 g/mol. The summed E-state index contributed by atoms with van der Waals surface area (Å²) in [6, 6.07) is 18.4. The Morgan fingerprint density at radius 3 is 2.30 bits per heavy atom. The summed E-state index contributed by atoms with van der Waals surface area (Å²) in [6.45, 7) is 0. The summed E-state index contributed by atoms with van der Waals surface area (Å²) in [4.78, 5) is 0. The van der Waals surface area contributed by atoms with E-state index < -0.39 is 0 Å². The van der Waals surface area contributed by atoms with Crippen LogP contribution in [0.5, 0.6) is 11.5 Å².